The van der Waals surface area contributed by atoms with Crippen molar-refractivity contribution in [1.29, 1.82) is 0 Å². The lowest BCUT2D eigenvalue weighted by atomic mass is 9.87. The van der Waals surface area contributed by atoms with Gasteiger partial charge in [-0.2, -0.15) is 0 Å². The molecular formula is C22H28N2O. The Bertz CT molecular complexity index is 596. The third-order valence-corrected chi connectivity index (χ3v) is 5.08. The van der Waals surface area contributed by atoms with Gasteiger partial charge in [0.1, 0.15) is 0 Å². The minimum Gasteiger partial charge on any atom is -0.356 e. The molecule has 0 aliphatic carbocycles. The van der Waals surface area contributed by atoms with Crippen molar-refractivity contribution in [3.8, 4) is 0 Å². The first kappa shape index (κ1) is 17.7. The van der Waals surface area contributed by atoms with Gasteiger partial charge >= 0.3 is 0 Å². The molecule has 0 saturated carbocycles. The zero-order valence-electron chi connectivity index (χ0n) is 14.8. The molecule has 3 heteroatoms. The van der Waals surface area contributed by atoms with Crippen molar-refractivity contribution < 1.29 is 4.79 Å². The first-order valence-electron chi connectivity index (χ1n) is 9.43. The number of hydrogen-bond acceptors (Lipinski definition) is 2. The van der Waals surface area contributed by atoms with E-state index in [0.717, 1.165) is 45.3 Å². The molecule has 25 heavy (non-hydrogen) atoms. The quantitative estimate of drug-likeness (QED) is 0.757. The smallest absolute Gasteiger partial charge is 0.223 e. The fraction of sp³-hybridized carbons (Fsp3) is 0.409. The number of nitrogens with one attached hydrogen (secondary N) is 2. The van der Waals surface area contributed by atoms with E-state index in [1.54, 1.807) is 0 Å². The molecule has 0 aromatic heterocycles. The summed E-state index contributed by atoms with van der Waals surface area (Å²) in [5.41, 5.74) is 2.69. The Morgan fingerprint density at radius 1 is 0.960 bits per heavy atom. The van der Waals surface area contributed by atoms with Crippen LogP contribution in [0, 0.1) is 5.92 Å². The Hall–Kier alpha value is -2.13. The highest BCUT2D eigenvalue weighted by atomic mass is 16.1. The molecule has 0 unspecified atom stereocenters. The maximum Gasteiger partial charge on any atom is 0.223 e. The number of hydrogen-bond donors (Lipinski definition) is 2. The molecule has 0 atom stereocenters. The molecule has 1 heterocycles. The highest BCUT2D eigenvalue weighted by Gasteiger charge is 2.20. The van der Waals surface area contributed by atoms with Gasteiger partial charge in [-0.15, -0.1) is 0 Å². The molecule has 2 aromatic carbocycles. The maximum absolute atomic E-state index is 12.2. The molecule has 132 valence electrons. The number of benzene rings is 2. The molecule has 1 saturated heterocycles. The molecule has 2 aromatic rings. The second-order valence-corrected chi connectivity index (χ2v) is 6.83. The highest BCUT2D eigenvalue weighted by molar-refractivity contribution is 5.78. The zero-order valence-corrected chi connectivity index (χ0v) is 14.8. The Kier molecular flexibility index (Phi) is 6.63. The Morgan fingerprint density at radius 2 is 1.52 bits per heavy atom. The summed E-state index contributed by atoms with van der Waals surface area (Å²) in [5, 5.41) is 6.45. The van der Waals surface area contributed by atoms with E-state index >= 15 is 0 Å². The second-order valence-electron chi connectivity index (χ2n) is 6.83. The second kappa shape index (κ2) is 9.38. The summed E-state index contributed by atoms with van der Waals surface area (Å²) in [4.78, 5) is 12.2. The molecular weight excluding hydrogens is 308 g/mol. The van der Waals surface area contributed by atoms with Gasteiger partial charge < -0.3 is 10.6 Å². The first-order chi connectivity index (χ1) is 12.3. The molecule has 3 rings (SSSR count). The van der Waals surface area contributed by atoms with Gasteiger partial charge in [0.2, 0.25) is 5.91 Å². The average molecular weight is 336 g/mol. The molecule has 1 aliphatic rings. The minimum absolute atomic E-state index is 0.195. The summed E-state index contributed by atoms with van der Waals surface area (Å²) in [6.45, 7) is 2.68. The van der Waals surface area contributed by atoms with Gasteiger partial charge in [0.25, 0.3) is 0 Å². The summed E-state index contributed by atoms with van der Waals surface area (Å²) in [6, 6.07) is 21.3. The van der Waals surface area contributed by atoms with Crippen molar-refractivity contribution in [2.75, 3.05) is 19.6 Å². The van der Waals surface area contributed by atoms with Crippen LogP contribution in [0.3, 0.4) is 0 Å². The number of piperidine rings is 1. The van der Waals surface area contributed by atoms with Crippen LogP contribution in [0.2, 0.25) is 0 Å². The van der Waals surface area contributed by atoms with Crippen molar-refractivity contribution >= 4 is 5.91 Å². The predicted molar refractivity (Wildman–Crippen MR) is 103 cm³/mol. The van der Waals surface area contributed by atoms with Crippen molar-refractivity contribution in [2.45, 2.75) is 31.6 Å². The third-order valence-electron chi connectivity index (χ3n) is 5.08. The Labute approximate surface area is 150 Å². The van der Waals surface area contributed by atoms with Gasteiger partial charge in [-0.25, -0.2) is 0 Å². The normalized spacial score (nSPS) is 15.2. The Morgan fingerprint density at radius 3 is 2.08 bits per heavy atom. The van der Waals surface area contributed by atoms with E-state index in [2.05, 4.69) is 71.3 Å². The van der Waals surface area contributed by atoms with Gasteiger partial charge in [-0.3, -0.25) is 4.79 Å². The van der Waals surface area contributed by atoms with Crippen LogP contribution in [0.5, 0.6) is 0 Å². The number of rotatable bonds is 7. The zero-order chi connectivity index (χ0) is 17.3. The maximum atomic E-state index is 12.2. The molecule has 1 amide bonds. The van der Waals surface area contributed by atoms with Crippen LogP contribution in [0.1, 0.15) is 42.7 Å². The van der Waals surface area contributed by atoms with E-state index < -0.39 is 0 Å². The van der Waals surface area contributed by atoms with E-state index in [9.17, 15) is 4.79 Å². The number of amides is 1. The molecule has 3 nitrogen and oxygen atoms in total. The lowest BCUT2D eigenvalue weighted by molar-refractivity contribution is -0.125. The van der Waals surface area contributed by atoms with E-state index in [4.69, 9.17) is 0 Å². The van der Waals surface area contributed by atoms with Gasteiger partial charge in [0, 0.05) is 18.4 Å². The van der Waals surface area contributed by atoms with Gasteiger partial charge in [-0.1, -0.05) is 60.7 Å². The lowest BCUT2D eigenvalue weighted by Gasteiger charge is -2.22. The van der Waals surface area contributed by atoms with Crippen LogP contribution in [-0.4, -0.2) is 25.5 Å². The van der Waals surface area contributed by atoms with Crippen molar-refractivity contribution in [1.82, 2.24) is 10.6 Å². The van der Waals surface area contributed by atoms with E-state index in [1.165, 1.54) is 11.1 Å². The van der Waals surface area contributed by atoms with Crippen LogP contribution in [0.25, 0.3) is 0 Å². The number of carbonyl (C=O) groups is 1. The van der Waals surface area contributed by atoms with Gasteiger partial charge in [-0.05, 0) is 49.9 Å². The summed E-state index contributed by atoms with van der Waals surface area (Å²) >= 11 is 0. The number of carbonyl (C=O) groups excluding carboxylic acids is 1. The van der Waals surface area contributed by atoms with Crippen LogP contribution in [-0.2, 0) is 4.79 Å². The van der Waals surface area contributed by atoms with Crippen LogP contribution < -0.4 is 10.6 Å². The van der Waals surface area contributed by atoms with Crippen LogP contribution in [0.15, 0.2) is 60.7 Å². The minimum atomic E-state index is 0.195. The SMILES string of the molecule is O=C(NCCCC(c1ccccc1)c1ccccc1)C1CCNCC1. The van der Waals surface area contributed by atoms with E-state index in [0.29, 0.717) is 5.92 Å². The van der Waals surface area contributed by atoms with Crippen molar-refractivity contribution in [3.05, 3.63) is 71.8 Å². The average Bonchev–Trinajstić information content (AvgIpc) is 2.70. The lowest BCUT2D eigenvalue weighted by Crippen LogP contribution is -2.38. The molecule has 1 aliphatic heterocycles. The summed E-state index contributed by atoms with van der Waals surface area (Å²) in [5.74, 6) is 0.816. The van der Waals surface area contributed by atoms with Crippen molar-refractivity contribution in [2.24, 2.45) is 5.92 Å². The predicted octanol–water partition coefficient (Wildman–Crippen LogP) is 3.71. The molecule has 0 spiro atoms. The van der Waals surface area contributed by atoms with E-state index in [1.807, 2.05) is 0 Å². The monoisotopic (exact) mass is 336 g/mol. The largest absolute Gasteiger partial charge is 0.356 e. The molecule has 1 fully saturated rings. The summed E-state index contributed by atoms with van der Waals surface area (Å²) in [7, 11) is 0. The van der Waals surface area contributed by atoms with Crippen LogP contribution in [0.4, 0.5) is 0 Å². The summed E-state index contributed by atoms with van der Waals surface area (Å²) < 4.78 is 0. The first-order valence-corrected chi connectivity index (χ1v) is 9.43. The van der Waals surface area contributed by atoms with Crippen LogP contribution >= 0.6 is 0 Å². The molecule has 2 N–H and O–H groups in total. The van der Waals surface area contributed by atoms with E-state index in [-0.39, 0.29) is 11.8 Å². The van der Waals surface area contributed by atoms with Crippen molar-refractivity contribution in [3.63, 3.8) is 0 Å². The fourth-order valence-electron chi connectivity index (χ4n) is 3.64. The Balaban J connectivity index is 1.53. The molecule has 0 bridgehead atoms. The standard InChI is InChI=1S/C22H28N2O/c25-22(20-13-16-23-17-14-20)24-15-7-12-21(18-8-3-1-4-9-18)19-10-5-2-6-11-19/h1-6,8-11,20-21,23H,7,12-17H2,(H,24,25). The van der Waals surface area contributed by atoms with Gasteiger partial charge in [0.05, 0.1) is 0 Å². The summed E-state index contributed by atoms with van der Waals surface area (Å²) in [6.07, 6.45) is 3.96. The highest BCUT2D eigenvalue weighted by Crippen LogP contribution is 2.28. The third kappa shape index (κ3) is 5.17. The topological polar surface area (TPSA) is 41.1 Å². The molecule has 0 radical (unpaired) electrons. The fourth-order valence-corrected chi connectivity index (χ4v) is 3.64. The van der Waals surface area contributed by atoms with Gasteiger partial charge in [0.15, 0.2) is 0 Å².